The highest BCUT2D eigenvalue weighted by atomic mass is 16.5. The molecule has 0 spiro atoms. The van der Waals surface area contributed by atoms with E-state index in [1.165, 1.54) is 25.7 Å². The van der Waals surface area contributed by atoms with E-state index in [2.05, 4.69) is 13.8 Å². The van der Waals surface area contributed by atoms with E-state index in [1.54, 1.807) is 14.0 Å². The smallest absolute Gasteiger partial charge is 0.0830 e. The predicted octanol–water partition coefficient (Wildman–Crippen LogP) is 2.99. The van der Waals surface area contributed by atoms with E-state index in [9.17, 15) is 5.11 Å². The van der Waals surface area contributed by atoms with Crippen molar-refractivity contribution in [3.63, 3.8) is 0 Å². The van der Waals surface area contributed by atoms with Gasteiger partial charge < -0.3 is 9.84 Å². The summed E-state index contributed by atoms with van der Waals surface area (Å²) in [5.41, 5.74) is 0. The van der Waals surface area contributed by atoms with Gasteiger partial charge in [-0.05, 0) is 19.3 Å². The SMILES string of the molecule is CCCCC(CC)CC(OC)C(C)O. The fraction of sp³-hybridized carbons (Fsp3) is 1.00. The van der Waals surface area contributed by atoms with Crippen LogP contribution < -0.4 is 0 Å². The van der Waals surface area contributed by atoms with Crippen LogP contribution >= 0.6 is 0 Å². The zero-order valence-corrected chi connectivity index (χ0v) is 10.1. The lowest BCUT2D eigenvalue weighted by molar-refractivity contribution is -0.0168. The fourth-order valence-corrected chi connectivity index (χ4v) is 1.80. The maximum absolute atomic E-state index is 9.46. The van der Waals surface area contributed by atoms with E-state index in [0.717, 1.165) is 6.42 Å². The van der Waals surface area contributed by atoms with Crippen molar-refractivity contribution in [1.82, 2.24) is 0 Å². The van der Waals surface area contributed by atoms with Crippen LogP contribution in [0.1, 0.15) is 52.9 Å². The molecule has 0 saturated heterocycles. The second-order valence-electron chi connectivity index (χ2n) is 4.17. The number of aliphatic hydroxyl groups excluding tert-OH is 1. The molecule has 14 heavy (non-hydrogen) atoms. The Hall–Kier alpha value is -0.0800. The first-order chi connectivity index (χ1) is 6.65. The fourth-order valence-electron chi connectivity index (χ4n) is 1.80. The molecule has 0 aliphatic rings. The molecule has 0 fully saturated rings. The molecule has 0 saturated carbocycles. The maximum atomic E-state index is 9.46. The lowest BCUT2D eigenvalue weighted by Gasteiger charge is -2.23. The number of hydrogen-bond acceptors (Lipinski definition) is 2. The lowest BCUT2D eigenvalue weighted by atomic mass is 9.91. The number of aliphatic hydroxyl groups is 1. The van der Waals surface area contributed by atoms with Crippen LogP contribution in [0, 0.1) is 5.92 Å². The highest BCUT2D eigenvalue weighted by molar-refractivity contribution is 4.69. The largest absolute Gasteiger partial charge is 0.391 e. The molecular weight excluding hydrogens is 176 g/mol. The number of unbranched alkanes of at least 4 members (excludes halogenated alkanes) is 1. The molecule has 0 rings (SSSR count). The van der Waals surface area contributed by atoms with Gasteiger partial charge >= 0.3 is 0 Å². The Morgan fingerprint density at radius 1 is 1.29 bits per heavy atom. The van der Waals surface area contributed by atoms with Crippen LogP contribution in [0.4, 0.5) is 0 Å². The van der Waals surface area contributed by atoms with Gasteiger partial charge in [0.15, 0.2) is 0 Å². The minimum Gasteiger partial charge on any atom is -0.391 e. The van der Waals surface area contributed by atoms with E-state index in [0.29, 0.717) is 5.92 Å². The van der Waals surface area contributed by atoms with E-state index in [4.69, 9.17) is 4.74 Å². The highest BCUT2D eigenvalue weighted by Crippen LogP contribution is 2.21. The summed E-state index contributed by atoms with van der Waals surface area (Å²) in [4.78, 5) is 0. The van der Waals surface area contributed by atoms with Crippen molar-refractivity contribution in [3.8, 4) is 0 Å². The van der Waals surface area contributed by atoms with E-state index >= 15 is 0 Å². The van der Waals surface area contributed by atoms with Gasteiger partial charge in [0.2, 0.25) is 0 Å². The Kier molecular flexibility index (Phi) is 8.20. The summed E-state index contributed by atoms with van der Waals surface area (Å²) >= 11 is 0. The molecule has 0 aliphatic carbocycles. The van der Waals surface area contributed by atoms with Crippen LogP contribution in [0.2, 0.25) is 0 Å². The average molecular weight is 202 g/mol. The highest BCUT2D eigenvalue weighted by Gasteiger charge is 2.18. The number of rotatable bonds is 8. The first-order valence-electron chi connectivity index (χ1n) is 5.86. The number of ether oxygens (including phenoxy) is 1. The van der Waals surface area contributed by atoms with E-state index in [1.807, 2.05) is 0 Å². The van der Waals surface area contributed by atoms with Gasteiger partial charge in [0, 0.05) is 7.11 Å². The van der Waals surface area contributed by atoms with Gasteiger partial charge in [-0.25, -0.2) is 0 Å². The van der Waals surface area contributed by atoms with Gasteiger partial charge in [-0.3, -0.25) is 0 Å². The molecule has 0 aliphatic heterocycles. The molecule has 1 N–H and O–H groups in total. The first kappa shape index (κ1) is 13.9. The monoisotopic (exact) mass is 202 g/mol. The maximum Gasteiger partial charge on any atom is 0.0830 e. The summed E-state index contributed by atoms with van der Waals surface area (Å²) < 4.78 is 5.27. The van der Waals surface area contributed by atoms with Crippen LogP contribution in [0.5, 0.6) is 0 Å². The molecule has 0 aromatic heterocycles. The molecule has 0 bridgehead atoms. The zero-order valence-electron chi connectivity index (χ0n) is 10.1. The van der Waals surface area contributed by atoms with Gasteiger partial charge in [0.25, 0.3) is 0 Å². The molecule has 0 amide bonds. The standard InChI is InChI=1S/C12H26O2/c1-5-7-8-11(6-2)9-12(14-4)10(3)13/h10-13H,5-9H2,1-4H3. The van der Waals surface area contributed by atoms with Crippen molar-refractivity contribution in [2.75, 3.05) is 7.11 Å². The second kappa shape index (κ2) is 8.25. The van der Waals surface area contributed by atoms with Crippen LogP contribution in [-0.2, 0) is 4.74 Å². The van der Waals surface area contributed by atoms with Gasteiger partial charge in [0.1, 0.15) is 0 Å². The Labute approximate surface area is 88.7 Å². The molecule has 2 heteroatoms. The summed E-state index contributed by atoms with van der Waals surface area (Å²) in [6.07, 6.45) is 5.64. The molecule has 0 heterocycles. The summed E-state index contributed by atoms with van der Waals surface area (Å²) in [6.45, 7) is 6.24. The van der Waals surface area contributed by atoms with Crippen LogP contribution in [0.25, 0.3) is 0 Å². The topological polar surface area (TPSA) is 29.5 Å². The summed E-state index contributed by atoms with van der Waals surface area (Å²) in [5.74, 6) is 0.703. The van der Waals surface area contributed by atoms with Gasteiger partial charge in [-0.2, -0.15) is 0 Å². The predicted molar refractivity (Wildman–Crippen MR) is 60.4 cm³/mol. The third-order valence-electron chi connectivity index (χ3n) is 2.95. The Morgan fingerprint density at radius 2 is 1.93 bits per heavy atom. The zero-order chi connectivity index (χ0) is 11.0. The Bertz CT molecular complexity index is 123. The number of methoxy groups -OCH3 is 1. The molecule has 3 atom stereocenters. The second-order valence-corrected chi connectivity index (χ2v) is 4.17. The minimum absolute atomic E-state index is 0.0109. The third-order valence-corrected chi connectivity index (χ3v) is 2.95. The summed E-state index contributed by atoms with van der Waals surface area (Å²) in [6, 6.07) is 0. The molecule has 0 radical (unpaired) electrons. The van der Waals surface area contributed by atoms with Crippen LogP contribution in [0.3, 0.4) is 0 Å². The van der Waals surface area contributed by atoms with Crippen molar-refractivity contribution in [2.45, 2.75) is 65.1 Å². The van der Waals surface area contributed by atoms with Crippen molar-refractivity contribution in [1.29, 1.82) is 0 Å². The van der Waals surface area contributed by atoms with Crippen molar-refractivity contribution in [3.05, 3.63) is 0 Å². The number of hydrogen-bond donors (Lipinski definition) is 1. The normalized spacial score (nSPS) is 17.8. The molecule has 86 valence electrons. The Morgan fingerprint density at radius 3 is 2.29 bits per heavy atom. The summed E-state index contributed by atoms with van der Waals surface area (Å²) in [5, 5.41) is 9.46. The van der Waals surface area contributed by atoms with Gasteiger partial charge in [-0.1, -0.05) is 39.5 Å². The quantitative estimate of drug-likeness (QED) is 0.655. The Balaban J connectivity index is 3.87. The minimum atomic E-state index is -0.351. The molecule has 0 aromatic carbocycles. The average Bonchev–Trinajstić information content (AvgIpc) is 2.18. The van der Waals surface area contributed by atoms with E-state index in [-0.39, 0.29) is 12.2 Å². The van der Waals surface area contributed by atoms with Crippen LogP contribution in [0.15, 0.2) is 0 Å². The van der Waals surface area contributed by atoms with Crippen molar-refractivity contribution < 1.29 is 9.84 Å². The van der Waals surface area contributed by atoms with E-state index < -0.39 is 0 Å². The molecule has 0 aromatic rings. The van der Waals surface area contributed by atoms with Crippen LogP contribution in [-0.4, -0.2) is 24.4 Å². The molecule has 3 unspecified atom stereocenters. The van der Waals surface area contributed by atoms with Gasteiger partial charge in [-0.15, -0.1) is 0 Å². The molecule has 2 nitrogen and oxygen atoms in total. The summed E-state index contributed by atoms with van der Waals surface area (Å²) in [7, 11) is 1.68. The van der Waals surface area contributed by atoms with Gasteiger partial charge in [0.05, 0.1) is 12.2 Å². The van der Waals surface area contributed by atoms with Crippen molar-refractivity contribution >= 4 is 0 Å². The first-order valence-corrected chi connectivity index (χ1v) is 5.86. The van der Waals surface area contributed by atoms with Crippen molar-refractivity contribution in [2.24, 2.45) is 5.92 Å². The lowest BCUT2D eigenvalue weighted by Crippen LogP contribution is -2.27. The third kappa shape index (κ3) is 5.61. The molecular formula is C12H26O2.